The number of aryl methyl sites for hydroxylation is 1. The summed E-state index contributed by atoms with van der Waals surface area (Å²) in [6, 6.07) is 16.7. The van der Waals surface area contributed by atoms with Gasteiger partial charge in [0.25, 0.3) is 5.91 Å². The van der Waals surface area contributed by atoms with Crippen molar-refractivity contribution in [3.8, 4) is 5.75 Å². The van der Waals surface area contributed by atoms with Gasteiger partial charge in [-0.2, -0.15) is 0 Å². The monoisotopic (exact) mass is 348 g/mol. The molecule has 3 aliphatic heterocycles. The number of fused-ring (bicyclic) bond motifs is 3. The van der Waals surface area contributed by atoms with Gasteiger partial charge in [0.15, 0.2) is 6.10 Å². The molecule has 2 aromatic rings. The number of likely N-dealkylation sites (tertiary alicyclic amines) is 1. The molecule has 3 heterocycles. The number of rotatable bonds is 1. The summed E-state index contributed by atoms with van der Waals surface area (Å²) in [6.45, 7) is 2.62. The van der Waals surface area contributed by atoms with Gasteiger partial charge in [0, 0.05) is 30.7 Å². The number of hydrogen-bond acceptors (Lipinski definition) is 3. The first-order chi connectivity index (χ1) is 12.8. The number of nitrogens with one attached hydrogen (secondary N) is 1. The molecule has 0 bridgehead atoms. The topological polar surface area (TPSA) is 41.6 Å². The van der Waals surface area contributed by atoms with E-state index < -0.39 is 0 Å². The molecule has 0 unspecified atom stereocenters. The standard InChI is InChI=1S/C22H24N2O2/c25-21(20-10-9-16-5-1-4-8-19(16)26-20)24-13-11-22(12-14-24)15-23-18-7-3-2-6-17(18)22/h1-8,20,23H,9-15H2/t20-/m1/s1. The number of carbonyl (C=O) groups is 1. The summed E-state index contributed by atoms with van der Waals surface area (Å²) in [6.07, 6.45) is 3.41. The Morgan fingerprint density at radius 1 is 1.08 bits per heavy atom. The summed E-state index contributed by atoms with van der Waals surface area (Å²) < 4.78 is 6.02. The van der Waals surface area contributed by atoms with Crippen LogP contribution in [0.5, 0.6) is 5.75 Å². The van der Waals surface area contributed by atoms with Gasteiger partial charge in [0.05, 0.1) is 0 Å². The van der Waals surface area contributed by atoms with Crippen LogP contribution in [0.2, 0.25) is 0 Å². The van der Waals surface area contributed by atoms with Gasteiger partial charge in [0.2, 0.25) is 0 Å². The van der Waals surface area contributed by atoms with E-state index in [1.165, 1.54) is 16.8 Å². The molecule has 0 radical (unpaired) electrons. The maximum absolute atomic E-state index is 13.0. The third-order valence-corrected chi connectivity index (χ3v) is 6.34. The molecule has 0 aromatic heterocycles. The molecule has 26 heavy (non-hydrogen) atoms. The molecule has 1 atom stereocenters. The van der Waals surface area contributed by atoms with Gasteiger partial charge >= 0.3 is 0 Å². The highest BCUT2D eigenvalue weighted by Gasteiger charge is 2.43. The summed E-state index contributed by atoms with van der Waals surface area (Å²) in [7, 11) is 0. The van der Waals surface area contributed by atoms with Crippen LogP contribution in [-0.4, -0.2) is 36.5 Å². The Kier molecular flexibility index (Phi) is 3.66. The van der Waals surface area contributed by atoms with Gasteiger partial charge in [-0.25, -0.2) is 0 Å². The number of para-hydroxylation sites is 2. The highest BCUT2D eigenvalue weighted by molar-refractivity contribution is 5.82. The number of hydrogen-bond donors (Lipinski definition) is 1. The Morgan fingerprint density at radius 3 is 2.73 bits per heavy atom. The fourth-order valence-corrected chi connectivity index (χ4v) is 4.76. The van der Waals surface area contributed by atoms with E-state index in [1.54, 1.807) is 0 Å². The van der Waals surface area contributed by atoms with Crippen LogP contribution in [0, 0.1) is 0 Å². The van der Waals surface area contributed by atoms with E-state index in [-0.39, 0.29) is 17.4 Å². The molecule has 0 saturated carbocycles. The van der Waals surface area contributed by atoms with E-state index in [2.05, 4.69) is 35.6 Å². The second-order valence-corrected chi connectivity index (χ2v) is 7.76. The Morgan fingerprint density at radius 2 is 1.85 bits per heavy atom. The summed E-state index contributed by atoms with van der Waals surface area (Å²) >= 11 is 0. The average Bonchev–Trinajstić information content (AvgIpc) is 3.06. The number of nitrogens with zero attached hydrogens (tertiary/aromatic N) is 1. The number of amides is 1. The SMILES string of the molecule is O=C([C@H]1CCc2ccccc2O1)N1CCC2(CC1)CNc1ccccc12. The van der Waals surface area contributed by atoms with Crippen LogP contribution in [0.3, 0.4) is 0 Å². The number of benzene rings is 2. The molecule has 3 aliphatic rings. The fraction of sp³-hybridized carbons (Fsp3) is 0.409. The molecule has 4 nitrogen and oxygen atoms in total. The molecule has 1 fully saturated rings. The van der Waals surface area contributed by atoms with Crippen LogP contribution in [-0.2, 0) is 16.6 Å². The van der Waals surface area contributed by atoms with Crippen molar-refractivity contribution in [2.45, 2.75) is 37.2 Å². The molecule has 1 saturated heterocycles. The maximum atomic E-state index is 13.0. The van der Waals surface area contributed by atoms with Crippen molar-refractivity contribution >= 4 is 11.6 Å². The van der Waals surface area contributed by atoms with Crippen LogP contribution in [0.25, 0.3) is 0 Å². The van der Waals surface area contributed by atoms with Gasteiger partial charge in [-0.15, -0.1) is 0 Å². The first kappa shape index (κ1) is 15.7. The Labute approximate surface area is 154 Å². The lowest BCUT2D eigenvalue weighted by Gasteiger charge is -2.41. The van der Waals surface area contributed by atoms with E-state index in [9.17, 15) is 4.79 Å². The van der Waals surface area contributed by atoms with Crippen molar-refractivity contribution < 1.29 is 9.53 Å². The maximum Gasteiger partial charge on any atom is 0.263 e. The van der Waals surface area contributed by atoms with Gasteiger partial charge in [-0.3, -0.25) is 4.79 Å². The first-order valence-corrected chi connectivity index (χ1v) is 9.62. The minimum Gasteiger partial charge on any atom is -0.480 e. The highest BCUT2D eigenvalue weighted by atomic mass is 16.5. The minimum absolute atomic E-state index is 0.161. The normalized spacial score (nSPS) is 22.9. The lowest BCUT2D eigenvalue weighted by Crippen LogP contribution is -2.50. The zero-order valence-corrected chi connectivity index (χ0v) is 14.9. The molecule has 1 N–H and O–H groups in total. The summed E-state index contributed by atoms with van der Waals surface area (Å²) in [5, 5.41) is 3.55. The third-order valence-electron chi connectivity index (χ3n) is 6.34. The fourth-order valence-electron chi connectivity index (χ4n) is 4.76. The zero-order valence-electron chi connectivity index (χ0n) is 14.9. The van der Waals surface area contributed by atoms with E-state index in [0.29, 0.717) is 0 Å². The van der Waals surface area contributed by atoms with Crippen molar-refractivity contribution in [3.63, 3.8) is 0 Å². The van der Waals surface area contributed by atoms with Crippen LogP contribution < -0.4 is 10.1 Å². The molecule has 1 spiro atoms. The summed E-state index contributed by atoms with van der Waals surface area (Å²) in [5.74, 6) is 1.04. The van der Waals surface area contributed by atoms with Gasteiger partial charge in [-0.1, -0.05) is 36.4 Å². The second kappa shape index (κ2) is 6.04. The Balaban J connectivity index is 1.27. The van der Waals surface area contributed by atoms with Crippen molar-refractivity contribution in [2.24, 2.45) is 0 Å². The van der Waals surface area contributed by atoms with Crippen LogP contribution in [0.15, 0.2) is 48.5 Å². The largest absolute Gasteiger partial charge is 0.480 e. The van der Waals surface area contributed by atoms with Crippen LogP contribution in [0.4, 0.5) is 5.69 Å². The third kappa shape index (κ3) is 2.47. The van der Waals surface area contributed by atoms with Gasteiger partial charge in [0.1, 0.15) is 5.75 Å². The predicted molar refractivity (Wildman–Crippen MR) is 102 cm³/mol. The van der Waals surface area contributed by atoms with E-state index in [4.69, 9.17) is 4.74 Å². The number of anilines is 1. The Hall–Kier alpha value is -2.49. The molecule has 2 aromatic carbocycles. The predicted octanol–water partition coefficient (Wildman–Crippen LogP) is 3.37. The molecular weight excluding hydrogens is 324 g/mol. The van der Waals surface area contributed by atoms with Crippen molar-refractivity contribution in [3.05, 3.63) is 59.7 Å². The van der Waals surface area contributed by atoms with E-state index >= 15 is 0 Å². The lowest BCUT2D eigenvalue weighted by atomic mass is 9.74. The van der Waals surface area contributed by atoms with Gasteiger partial charge < -0.3 is 15.0 Å². The van der Waals surface area contributed by atoms with Crippen molar-refractivity contribution in [1.82, 2.24) is 4.90 Å². The lowest BCUT2D eigenvalue weighted by molar-refractivity contribution is -0.141. The average molecular weight is 348 g/mol. The van der Waals surface area contributed by atoms with E-state index in [0.717, 1.165) is 51.1 Å². The van der Waals surface area contributed by atoms with Crippen LogP contribution >= 0.6 is 0 Å². The molecule has 134 valence electrons. The molecule has 0 aliphatic carbocycles. The second-order valence-electron chi connectivity index (χ2n) is 7.76. The molecule has 5 rings (SSSR count). The summed E-state index contributed by atoms with van der Waals surface area (Å²) in [4.78, 5) is 15.0. The van der Waals surface area contributed by atoms with Gasteiger partial charge in [-0.05, 0) is 48.9 Å². The zero-order chi connectivity index (χ0) is 17.6. The van der Waals surface area contributed by atoms with Crippen molar-refractivity contribution in [1.29, 1.82) is 0 Å². The number of carbonyl (C=O) groups excluding carboxylic acids is 1. The smallest absolute Gasteiger partial charge is 0.263 e. The van der Waals surface area contributed by atoms with Crippen LogP contribution in [0.1, 0.15) is 30.4 Å². The molecular formula is C22H24N2O2. The Bertz CT molecular complexity index is 840. The first-order valence-electron chi connectivity index (χ1n) is 9.62. The minimum atomic E-state index is -0.326. The summed E-state index contributed by atoms with van der Waals surface area (Å²) in [5.41, 5.74) is 4.09. The number of ether oxygens (including phenoxy) is 1. The highest BCUT2D eigenvalue weighted by Crippen LogP contribution is 2.44. The van der Waals surface area contributed by atoms with Crippen molar-refractivity contribution in [2.75, 3.05) is 25.0 Å². The molecule has 1 amide bonds. The quantitative estimate of drug-likeness (QED) is 0.859. The molecule has 4 heteroatoms. The number of piperidine rings is 1. The van der Waals surface area contributed by atoms with E-state index in [1.807, 2.05) is 23.1 Å².